The zero-order valence-electron chi connectivity index (χ0n) is 11.9. The first kappa shape index (κ1) is 14.0. The Morgan fingerprint density at radius 2 is 2.05 bits per heavy atom. The molecule has 0 aliphatic heterocycles. The van der Waals surface area contributed by atoms with E-state index in [4.69, 9.17) is 11.6 Å². The molecule has 0 unspecified atom stereocenters. The topological polar surface area (TPSA) is 41.0 Å². The number of aryl methyl sites for hydroxylation is 2. The van der Waals surface area contributed by atoms with E-state index in [0.29, 0.717) is 11.1 Å². The Labute approximate surface area is 128 Å². The summed E-state index contributed by atoms with van der Waals surface area (Å²) in [5.74, 6) is 0.642. The average molecular weight is 311 g/mol. The maximum Gasteiger partial charge on any atom is 0.225 e. The number of hydrogen-bond acceptors (Lipinski definition) is 5. The average Bonchev–Trinajstić information content (AvgIpc) is 2.76. The SMILES string of the molecule is CN(C)CCNc1nc(Cl)c2c3c(sc2n1)CCCC3. The van der Waals surface area contributed by atoms with Crippen LogP contribution in [0, 0.1) is 0 Å². The first-order valence-corrected chi connectivity index (χ1v) is 8.21. The number of nitrogens with one attached hydrogen (secondary N) is 1. The van der Waals surface area contributed by atoms with E-state index in [0.717, 1.165) is 36.1 Å². The predicted molar refractivity (Wildman–Crippen MR) is 86.1 cm³/mol. The quantitative estimate of drug-likeness (QED) is 0.881. The molecule has 4 nitrogen and oxygen atoms in total. The second kappa shape index (κ2) is 5.84. The van der Waals surface area contributed by atoms with Crippen molar-refractivity contribution in [2.75, 3.05) is 32.5 Å². The first-order valence-electron chi connectivity index (χ1n) is 7.01. The fourth-order valence-electron chi connectivity index (χ4n) is 2.58. The highest BCUT2D eigenvalue weighted by molar-refractivity contribution is 7.19. The van der Waals surface area contributed by atoms with Crippen LogP contribution in [0.5, 0.6) is 0 Å². The lowest BCUT2D eigenvalue weighted by molar-refractivity contribution is 0.425. The molecule has 3 rings (SSSR count). The smallest absolute Gasteiger partial charge is 0.225 e. The molecule has 1 N–H and O–H groups in total. The lowest BCUT2D eigenvalue weighted by Crippen LogP contribution is -2.21. The van der Waals surface area contributed by atoms with Crippen LogP contribution in [-0.2, 0) is 12.8 Å². The number of halogens is 1. The molecule has 0 saturated heterocycles. The fraction of sp³-hybridized carbons (Fsp3) is 0.571. The summed E-state index contributed by atoms with van der Waals surface area (Å²) in [6.45, 7) is 1.76. The highest BCUT2D eigenvalue weighted by Gasteiger charge is 2.20. The maximum atomic E-state index is 6.39. The molecule has 2 heterocycles. The summed E-state index contributed by atoms with van der Waals surface area (Å²) < 4.78 is 0. The van der Waals surface area contributed by atoms with Crippen LogP contribution in [0.25, 0.3) is 10.2 Å². The van der Waals surface area contributed by atoms with Crippen LogP contribution in [-0.4, -0.2) is 42.1 Å². The molecule has 2 aromatic rings. The van der Waals surface area contributed by atoms with E-state index in [1.807, 2.05) is 14.1 Å². The van der Waals surface area contributed by atoms with Crippen molar-refractivity contribution >= 4 is 39.1 Å². The summed E-state index contributed by atoms with van der Waals surface area (Å²) in [4.78, 5) is 13.6. The van der Waals surface area contributed by atoms with Crippen LogP contribution < -0.4 is 5.32 Å². The number of hydrogen-bond donors (Lipinski definition) is 1. The largest absolute Gasteiger partial charge is 0.353 e. The number of fused-ring (bicyclic) bond motifs is 3. The van der Waals surface area contributed by atoms with Gasteiger partial charge in [0.25, 0.3) is 0 Å². The van der Waals surface area contributed by atoms with Crippen molar-refractivity contribution in [3.05, 3.63) is 15.6 Å². The number of aromatic nitrogens is 2. The minimum Gasteiger partial charge on any atom is -0.353 e. The van der Waals surface area contributed by atoms with Gasteiger partial charge in [0, 0.05) is 18.0 Å². The Hall–Kier alpha value is -0.910. The first-order chi connectivity index (χ1) is 9.65. The molecule has 0 saturated carbocycles. The van der Waals surface area contributed by atoms with Crippen molar-refractivity contribution in [2.24, 2.45) is 0 Å². The summed E-state index contributed by atoms with van der Waals surface area (Å²) in [7, 11) is 4.10. The molecule has 0 atom stereocenters. The van der Waals surface area contributed by atoms with E-state index < -0.39 is 0 Å². The van der Waals surface area contributed by atoms with Crippen molar-refractivity contribution in [2.45, 2.75) is 25.7 Å². The van der Waals surface area contributed by atoms with Gasteiger partial charge >= 0.3 is 0 Å². The van der Waals surface area contributed by atoms with E-state index in [9.17, 15) is 0 Å². The molecule has 2 aromatic heterocycles. The van der Waals surface area contributed by atoms with Gasteiger partial charge in [-0.25, -0.2) is 9.97 Å². The van der Waals surface area contributed by atoms with Crippen molar-refractivity contribution in [3.63, 3.8) is 0 Å². The van der Waals surface area contributed by atoms with Gasteiger partial charge in [-0.2, -0.15) is 0 Å². The van der Waals surface area contributed by atoms with Crippen LogP contribution in [0.1, 0.15) is 23.3 Å². The number of anilines is 1. The van der Waals surface area contributed by atoms with E-state index in [-0.39, 0.29) is 0 Å². The molecule has 0 aromatic carbocycles. The molecule has 20 heavy (non-hydrogen) atoms. The Balaban J connectivity index is 1.90. The van der Waals surface area contributed by atoms with Crippen molar-refractivity contribution in [3.8, 4) is 0 Å². The zero-order valence-corrected chi connectivity index (χ0v) is 13.4. The van der Waals surface area contributed by atoms with Gasteiger partial charge in [-0.1, -0.05) is 11.6 Å². The minimum atomic E-state index is 0.599. The van der Waals surface area contributed by atoms with E-state index in [1.54, 1.807) is 11.3 Å². The number of rotatable bonds is 4. The van der Waals surface area contributed by atoms with Crippen molar-refractivity contribution in [1.29, 1.82) is 0 Å². The highest BCUT2D eigenvalue weighted by Crippen LogP contribution is 2.38. The molecule has 0 radical (unpaired) electrons. The second-order valence-corrected chi connectivity index (χ2v) is 6.90. The molecule has 108 valence electrons. The van der Waals surface area contributed by atoms with E-state index in [1.165, 1.54) is 23.3 Å². The molecule has 0 spiro atoms. The van der Waals surface area contributed by atoms with E-state index in [2.05, 4.69) is 20.2 Å². The minimum absolute atomic E-state index is 0.599. The van der Waals surface area contributed by atoms with Gasteiger partial charge < -0.3 is 10.2 Å². The number of likely N-dealkylation sites (N-methyl/N-ethyl adjacent to an activating group) is 1. The molecule has 0 amide bonds. The summed E-state index contributed by atoms with van der Waals surface area (Å²) >= 11 is 8.17. The summed E-state index contributed by atoms with van der Waals surface area (Å²) in [6, 6.07) is 0. The molecular weight excluding hydrogens is 292 g/mol. The van der Waals surface area contributed by atoms with Crippen LogP contribution in [0.2, 0.25) is 5.15 Å². The normalized spacial score (nSPS) is 14.8. The van der Waals surface area contributed by atoms with Gasteiger partial charge in [0.15, 0.2) is 0 Å². The van der Waals surface area contributed by atoms with Gasteiger partial charge in [-0.15, -0.1) is 11.3 Å². The summed E-state index contributed by atoms with van der Waals surface area (Å²) in [5.41, 5.74) is 1.39. The van der Waals surface area contributed by atoms with Crippen LogP contribution >= 0.6 is 22.9 Å². The Morgan fingerprint density at radius 1 is 1.25 bits per heavy atom. The van der Waals surface area contributed by atoms with Crippen LogP contribution in [0.3, 0.4) is 0 Å². The Kier molecular flexibility index (Phi) is 4.10. The monoisotopic (exact) mass is 310 g/mol. The molecule has 0 bridgehead atoms. The number of thiophene rings is 1. The Bertz CT molecular complexity index is 623. The molecule has 1 aliphatic carbocycles. The predicted octanol–water partition coefficient (Wildman–Crippen LogP) is 3.20. The van der Waals surface area contributed by atoms with Gasteiger partial charge in [0.1, 0.15) is 9.98 Å². The molecule has 0 fully saturated rings. The lowest BCUT2D eigenvalue weighted by atomic mass is 9.97. The number of nitrogens with zero attached hydrogens (tertiary/aromatic N) is 3. The van der Waals surface area contributed by atoms with Crippen molar-refractivity contribution < 1.29 is 0 Å². The Morgan fingerprint density at radius 3 is 2.85 bits per heavy atom. The summed E-state index contributed by atoms with van der Waals surface area (Å²) in [5, 5.41) is 4.93. The van der Waals surface area contributed by atoms with Gasteiger partial charge in [0.05, 0.1) is 5.39 Å². The zero-order chi connectivity index (χ0) is 14.1. The lowest BCUT2D eigenvalue weighted by Gasteiger charge is -2.11. The maximum absolute atomic E-state index is 6.39. The third-order valence-electron chi connectivity index (χ3n) is 3.61. The van der Waals surface area contributed by atoms with E-state index >= 15 is 0 Å². The van der Waals surface area contributed by atoms with Crippen LogP contribution in [0.4, 0.5) is 5.95 Å². The van der Waals surface area contributed by atoms with Gasteiger partial charge in [-0.05, 0) is 45.3 Å². The fourth-order valence-corrected chi connectivity index (χ4v) is 4.18. The summed E-state index contributed by atoms with van der Waals surface area (Å²) in [6.07, 6.45) is 4.80. The standard InChI is InChI=1S/C14H19ClN4S/c1-19(2)8-7-16-14-17-12(15)11-9-5-3-4-6-10(9)20-13(11)18-14/h3-8H2,1-2H3,(H,16,17,18). The van der Waals surface area contributed by atoms with Gasteiger partial charge in [0.2, 0.25) is 5.95 Å². The van der Waals surface area contributed by atoms with Crippen molar-refractivity contribution in [1.82, 2.24) is 14.9 Å². The van der Waals surface area contributed by atoms with Gasteiger partial charge in [-0.3, -0.25) is 0 Å². The molecular formula is C14H19ClN4S. The second-order valence-electron chi connectivity index (χ2n) is 5.46. The molecule has 6 heteroatoms. The third-order valence-corrected chi connectivity index (χ3v) is 5.07. The van der Waals surface area contributed by atoms with Crippen LogP contribution in [0.15, 0.2) is 0 Å². The third kappa shape index (κ3) is 2.75. The molecule has 1 aliphatic rings. The highest BCUT2D eigenvalue weighted by atomic mass is 35.5.